The minimum absolute atomic E-state index is 0.271. The predicted molar refractivity (Wildman–Crippen MR) is 129 cm³/mol. The molecule has 34 heavy (non-hydrogen) atoms. The molecule has 6 heteroatoms. The zero-order chi connectivity index (χ0) is 23.2. The SMILES string of the molecule is Cc1c(Cc2ccccc2)c(=O)oc2c(C)c3c(cc12)CN(Cc1ccc2c(c1)OCO2)CO3. The Labute approximate surface area is 197 Å². The lowest BCUT2D eigenvalue weighted by atomic mass is 9.96. The number of benzene rings is 3. The number of nitrogens with zero attached hydrogens (tertiary/aromatic N) is 1. The molecule has 3 aromatic carbocycles. The minimum Gasteiger partial charge on any atom is -0.477 e. The smallest absolute Gasteiger partial charge is 0.340 e. The molecule has 0 bridgehead atoms. The van der Waals surface area contributed by atoms with E-state index < -0.39 is 0 Å². The average molecular weight is 456 g/mol. The number of hydrogen-bond acceptors (Lipinski definition) is 6. The van der Waals surface area contributed by atoms with E-state index in [-0.39, 0.29) is 12.4 Å². The van der Waals surface area contributed by atoms with Gasteiger partial charge in [0, 0.05) is 41.6 Å². The summed E-state index contributed by atoms with van der Waals surface area (Å²) in [6.45, 7) is 6.18. The van der Waals surface area contributed by atoms with Crippen molar-refractivity contribution in [2.45, 2.75) is 33.4 Å². The van der Waals surface area contributed by atoms with E-state index in [1.54, 1.807) is 0 Å². The molecule has 2 aliphatic rings. The molecule has 6 rings (SSSR count). The van der Waals surface area contributed by atoms with Crippen LogP contribution >= 0.6 is 0 Å². The van der Waals surface area contributed by atoms with Crippen LogP contribution in [0.4, 0.5) is 0 Å². The number of ether oxygens (including phenoxy) is 3. The van der Waals surface area contributed by atoms with Gasteiger partial charge in [0.2, 0.25) is 6.79 Å². The lowest BCUT2D eigenvalue weighted by Crippen LogP contribution is -2.32. The van der Waals surface area contributed by atoms with Gasteiger partial charge >= 0.3 is 5.63 Å². The first kappa shape index (κ1) is 20.8. The molecule has 1 aromatic heterocycles. The van der Waals surface area contributed by atoms with Gasteiger partial charge in [-0.3, -0.25) is 4.90 Å². The molecule has 3 heterocycles. The van der Waals surface area contributed by atoms with Gasteiger partial charge in [0.05, 0.1) is 0 Å². The van der Waals surface area contributed by atoms with Gasteiger partial charge in [-0.2, -0.15) is 0 Å². The van der Waals surface area contributed by atoms with Gasteiger partial charge in [-0.1, -0.05) is 36.4 Å². The highest BCUT2D eigenvalue weighted by Gasteiger charge is 2.24. The second-order valence-electron chi connectivity index (χ2n) is 8.97. The second kappa shape index (κ2) is 8.22. The zero-order valence-electron chi connectivity index (χ0n) is 19.2. The van der Waals surface area contributed by atoms with Crippen molar-refractivity contribution in [2.24, 2.45) is 0 Å². The van der Waals surface area contributed by atoms with Crippen molar-refractivity contribution in [1.29, 1.82) is 0 Å². The van der Waals surface area contributed by atoms with Crippen molar-refractivity contribution in [3.63, 3.8) is 0 Å². The monoisotopic (exact) mass is 455 g/mol. The quantitative estimate of drug-likeness (QED) is 0.400. The average Bonchev–Trinajstić information content (AvgIpc) is 3.31. The zero-order valence-corrected chi connectivity index (χ0v) is 19.2. The topological polar surface area (TPSA) is 61.1 Å². The number of fused-ring (bicyclic) bond motifs is 3. The molecule has 0 amide bonds. The summed E-state index contributed by atoms with van der Waals surface area (Å²) in [6.07, 6.45) is 0.549. The lowest BCUT2D eigenvalue weighted by Gasteiger charge is -2.30. The Bertz CT molecular complexity index is 1460. The van der Waals surface area contributed by atoms with Crippen LogP contribution in [-0.2, 0) is 19.5 Å². The Hall–Kier alpha value is -3.77. The third-order valence-electron chi connectivity index (χ3n) is 6.69. The van der Waals surface area contributed by atoms with Crippen LogP contribution in [0.15, 0.2) is 63.8 Å². The van der Waals surface area contributed by atoms with E-state index in [9.17, 15) is 4.79 Å². The summed E-state index contributed by atoms with van der Waals surface area (Å²) in [5, 5.41) is 0.968. The third-order valence-corrected chi connectivity index (χ3v) is 6.69. The van der Waals surface area contributed by atoms with E-state index in [1.165, 1.54) is 0 Å². The first-order valence-electron chi connectivity index (χ1n) is 11.4. The van der Waals surface area contributed by atoms with Gasteiger partial charge in [-0.25, -0.2) is 4.79 Å². The molecule has 0 saturated heterocycles. The largest absolute Gasteiger partial charge is 0.477 e. The Morgan fingerprint density at radius 1 is 0.882 bits per heavy atom. The van der Waals surface area contributed by atoms with Crippen LogP contribution in [0.1, 0.15) is 33.4 Å². The van der Waals surface area contributed by atoms with Crippen LogP contribution in [0.3, 0.4) is 0 Å². The Kier molecular flexibility index (Phi) is 5.03. The normalized spacial score (nSPS) is 14.8. The van der Waals surface area contributed by atoms with Crippen LogP contribution in [0.5, 0.6) is 17.2 Å². The van der Waals surface area contributed by atoms with Crippen LogP contribution in [0, 0.1) is 13.8 Å². The van der Waals surface area contributed by atoms with Crippen molar-refractivity contribution in [1.82, 2.24) is 4.90 Å². The van der Waals surface area contributed by atoms with Crippen molar-refractivity contribution in [2.75, 3.05) is 13.5 Å². The van der Waals surface area contributed by atoms with Gasteiger partial charge < -0.3 is 18.6 Å². The summed E-state index contributed by atoms with van der Waals surface area (Å²) >= 11 is 0. The first-order valence-corrected chi connectivity index (χ1v) is 11.4. The van der Waals surface area contributed by atoms with Gasteiger partial charge in [0.15, 0.2) is 11.5 Å². The maximum absolute atomic E-state index is 12.9. The molecule has 0 unspecified atom stereocenters. The van der Waals surface area contributed by atoms with Crippen LogP contribution < -0.4 is 19.8 Å². The molecular formula is C28H25NO5. The van der Waals surface area contributed by atoms with E-state index >= 15 is 0 Å². The first-order chi connectivity index (χ1) is 16.6. The van der Waals surface area contributed by atoms with Crippen molar-refractivity contribution in [3.05, 3.63) is 98.4 Å². The fourth-order valence-electron chi connectivity index (χ4n) is 4.90. The number of hydrogen-bond donors (Lipinski definition) is 0. The summed E-state index contributed by atoms with van der Waals surface area (Å²) in [5.74, 6) is 2.39. The van der Waals surface area contributed by atoms with Gasteiger partial charge in [-0.05, 0) is 48.7 Å². The van der Waals surface area contributed by atoms with Crippen molar-refractivity contribution in [3.8, 4) is 17.2 Å². The van der Waals surface area contributed by atoms with Crippen LogP contribution in [-0.4, -0.2) is 18.4 Å². The molecule has 0 radical (unpaired) electrons. The molecule has 0 saturated carbocycles. The van der Waals surface area contributed by atoms with Crippen molar-refractivity contribution >= 4 is 11.0 Å². The van der Waals surface area contributed by atoms with E-state index in [4.69, 9.17) is 18.6 Å². The molecule has 6 nitrogen and oxygen atoms in total. The minimum atomic E-state index is -0.280. The molecule has 0 aliphatic carbocycles. The van der Waals surface area contributed by atoms with E-state index in [0.717, 1.165) is 63.5 Å². The van der Waals surface area contributed by atoms with Crippen LogP contribution in [0.25, 0.3) is 11.0 Å². The highest BCUT2D eigenvalue weighted by atomic mass is 16.7. The lowest BCUT2D eigenvalue weighted by molar-refractivity contribution is 0.0880. The number of aryl methyl sites for hydroxylation is 2. The van der Waals surface area contributed by atoms with Gasteiger partial charge in [0.1, 0.15) is 18.1 Å². The highest BCUT2D eigenvalue weighted by Crippen LogP contribution is 2.37. The second-order valence-corrected chi connectivity index (χ2v) is 8.97. The summed E-state index contributed by atoms with van der Waals surface area (Å²) in [4.78, 5) is 15.1. The Balaban J connectivity index is 1.33. The molecule has 0 fully saturated rings. The maximum atomic E-state index is 12.9. The summed E-state index contributed by atoms with van der Waals surface area (Å²) < 4.78 is 22.9. The molecule has 4 aromatic rings. The molecule has 0 N–H and O–H groups in total. The summed E-state index contributed by atoms with van der Waals surface area (Å²) in [5.41, 5.74) is 6.20. The highest BCUT2D eigenvalue weighted by molar-refractivity contribution is 5.87. The molecule has 0 spiro atoms. The van der Waals surface area contributed by atoms with E-state index in [2.05, 4.69) is 17.0 Å². The standard InChI is InChI=1S/C28H25NO5/c1-17-22-12-21-14-29(13-20-8-9-24-25(11-20)33-16-32-24)15-31-26(21)18(2)27(22)34-28(30)23(17)10-19-6-4-3-5-7-19/h3-9,11-12H,10,13-16H2,1-2H3. The van der Waals surface area contributed by atoms with Gasteiger partial charge in [0.25, 0.3) is 0 Å². The fourth-order valence-corrected chi connectivity index (χ4v) is 4.90. The van der Waals surface area contributed by atoms with Crippen LogP contribution in [0.2, 0.25) is 0 Å². The fraction of sp³-hybridized carbons (Fsp3) is 0.250. The Morgan fingerprint density at radius 3 is 2.56 bits per heavy atom. The third kappa shape index (κ3) is 3.60. The summed E-state index contributed by atoms with van der Waals surface area (Å²) in [7, 11) is 0. The van der Waals surface area contributed by atoms with E-state index in [0.29, 0.717) is 24.3 Å². The molecular weight excluding hydrogens is 430 g/mol. The molecule has 2 aliphatic heterocycles. The molecule has 172 valence electrons. The predicted octanol–water partition coefficient (Wildman–Crippen LogP) is 5.08. The van der Waals surface area contributed by atoms with E-state index in [1.807, 2.05) is 56.3 Å². The van der Waals surface area contributed by atoms with Crippen molar-refractivity contribution < 1.29 is 18.6 Å². The summed E-state index contributed by atoms with van der Waals surface area (Å²) in [6, 6.07) is 18.2. The number of rotatable bonds is 4. The molecule has 0 atom stereocenters. The van der Waals surface area contributed by atoms with Gasteiger partial charge in [-0.15, -0.1) is 0 Å². The maximum Gasteiger partial charge on any atom is 0.340 e. The Morgan fingerprint density at radius 2 is 1.71 bits per heavy atom.